The lowest BCUT2D eigenvalue weighted by Crippen LogP contribution is -2.49. The van der Waals surface area contributed by atoms with Gasteiger partial charge in [0.15, 0.2) is 0 Å². The topological polar surface area (TPSA) is 18.5 Å². The molecule has 3 nitrogen and oxygen atoms in total. The van der Waals surface area contributed by atoms with Crippen LogP contribution >= 0.6 is 0 Å². The lowest BCUT2D eigenvalue weighted by Gasteiger charge is -2.38. The maximum absolute atomic E-state index is 3.19. The average molecular weight is 247 g/mol. The zero-order chi connectivity index (χ0) is 13.1. The molecule has 0 unspecified atom stereocenters. The Balaban J connectivity index is 2.05. The second-order valence-corrected chi connectivity index (χ2v) is 5.37. The molecule has 1 saturated heterocycles. The first-order chi connectivity index (χ1) is 8.61. The number of hydrogen-bond acceptors (Lipinski definition) is 3. The minimum absolute atomic E-state index is 0.667. The molecular weight excluding hydrogens is 222 g/mol. The third-order valence-electron chi connectivity index (χ3n) is 3.87. The summed E-state index contributed by atoms with van der Waals surface area (Å²) in [4.78, 5) is 5.06. The summed E-state index contributed by atoms with van der Waals surface area (Å²) >= 11 is 0. The smallest absolute Gasteiger partial charge is 0.0398 e. The third kappa shape index (κ3) is 2.78. The average Bonchev–Trinajstić information content (AvgIpc) is 2.38. The monoisotopic (exact) mass is 247 g/mol. The fourth-order valence-electron chi connectivity index (χ4n) is 2.64. The van der Waals surface area contributed by atoms with E-state index in [9.17, 15) is 0 Å². The molecule has 0 atom stereocenters. The number of nitrogens with zero attached hydrogens (tertiary/aromatic N) is 2. The normalized spacial score (nSPS) is 17.3. The minimum Gasteiger partial charge on any atom is -0.388 e. The van der Waals surface area contributed by atoms with E-state index in [1.54, 1.807) is 0 Å². The Morgan fingerprint density at radius 2 is 1.78 bits per heavy atom. The molecule has 0 spiro atoms. The van der Waals surface area contributed by atoms with Crippen molar-refractivity contribution in [1.82, 2.24) is 4.90 Å². The summed E-state index contributed by atoms with van der Waals surface area (Å²) in [5.74, 6) is 0. The molecule has 1 fully saturated rings. The first-order valence-electron chi connectivity index (χ1n) is 6.89. The number of benzene rings is 1. The molecule has 0 radical (unpaired) electrons. The van der Waals surface area contributed by atoms with Gasteiger partial charge in [0.1, 0.15) is 0 Å². The van der Waals surface area contributed by atoms with Crippen LogP contribution in [0.2, 0.25) is 0 Å². The molecule has 0 amide bonds. The lowest BCUT2D eigenvalue weighted by atomic mass is 10.1. The summed E-state index contributed by atoms with van der Waals surface area (Å²) < 4.78 is 0. The highest BCUT2D eigenvalue weighted by Crippen LogP contribution is 2.24. The molecule has 1 aliphatic heterocycles. The highest BCUT2D eigenvalue weighted by atomic mass is 15.3. The molecule has 3 heteroatoms. The van der Waals surface area contributed by atoms with E-state index >= 15 is 0 Å². The van der Waals surface area contributed by atoms with Crippen molar-refractivity contribution in [3.05, 3.63) is 23.8 Å². The van der Waals surface area contributed by atoms with E-state index in [2.05, 4.69) is 54.1 Å². The van der Waals surface area contributed by atoms with Gasteiger partial charge in [-0.3, -0.25) is 4.90 Å². The van der Waals surface area contributed by atoms with Crippen LogP contribution in [0.15, 0.2) is 18.2 Å². The van der Waals surface area contributed by atoms with Crippen molar-refractivity contribution in [2.45, 2.75) is 26.8 Å². The van der Waals surface area contributed by atoms with E-state index in [0.717, 1.165) is 13.1 Å². The summed E-state index contributed by atoms with van der Waals surface area (Å²) in [6, 6.07) is 7.30. The molecule has 1 aliphatic rings. The van der Waals surface area contributed by atoms with Crippen LogP contribution in [0, 0.1) is 6.92 Å². The number of aryl methyl sites for hydroxylation is 1. The van der Waals surface area contributed by atoms with Crippen LogP contribution < -0.4 is 10.2 Å². The van der Waals surface area contributed by atoms with E-state index in [0.29, 0.717) is 6.04 Å². The molecule has 18 heavy (non-hydrogen) atoms. The summed E-state index contributed by atoms with van der Waals surface area (Å²) in [6.45, 7) is 11.4. The largest absolute Gasteiger partial charge is 0.388 e. The van der Waals surface area contributed by atoms with Gasteiger partial charge < -0.3 is 10.2 Å². The Morgan fingerprint density at radius 3 is 2.28 bits per heavy atom. The first-order valence-corrected chi connectivity index (χ1v) is 6.89. The Bertz CT molecular complexity index is 393. The number of rotatable bonds is 3. The van der Waals surface area contributed by atoms with Crippen LogP contribution in [0.3, 0.4) is 0 Å². The highest BCUT2D eigenvalue weighted by Gasteiger charge is 2.19. The zero-order valence-electron chi connectivity index (χ0n) is 12.0. The molecule has 0 bridgehead atoms. The molecule has 1 heterocycles. The highest BCUT2D eigenvalue weighted by molar-refractivity contribution is 5.60. The van der Waals surface area contributed by atoms with Crippen molar-refractivity contribution in [2.75, 3.05) is 43.4 Å². The van der Waals surface area contributed by atoms with Crippen LogP contribution in [-0.4, -0.2) is 44.2 Å². The van der Waals surface area contributed by atoms with Crippen LogP contribution in [0.1, 0.15) is 19.4 Å². The lowest BCUT2D eigenvalue weighted by molar-refractivity contribution is 0.209. The third-order valence-corrected chi connectivity index (χ3v) is 3.87. The number of anilines is 2. The molecule has 0 saturated carbocycles. The maximum atomic E-state index is 3.19. The van der Waals surface area contributed by atoms with Gasteiger partial charge in [-0.05, 0) is 44.5 Å². The van der Waals surface area contributed by atoms with Gasteiger partial charge in [0.2, 0.25) is 0 Å². The van der Waals surface area contributed by atoms with Crippen molar-refractivity contribution in [3.8, 4) is 0 Å². The van der Waals surface area contributed by atoms with Gasteiger partial charge in [-0.25, -0.2) is 0 Å². The number of nitrogens with one attached hydrogen (secondary N) is 1. The molecule has 0 aliphatic carbocycles. The Morgan fingerprint density at radius 1 is 1.11 bits per heavy atom. The van der Waals surface area contributed by atoms with E-state index in [1.807, 2.05) is 7.05 Å². The Kier molecular flexibility index (Phi) is 4.12. The van der Waals surface area contributed by atoms with E-state index in [4.69, 9.17) is 0 Å². The van der Waals surface area contributed by atoms with Gasteiger partial charge in [-0.15, -0.1) is 0 Å². The van der Waals surface area contributed by atoms with Crippen molar-refractivity contribution in [1.29, 1.82) is 0 Å². The van der Waals surface area contributed by atoms with Crippen LogP contribution in [0.25, 0.3) is 0 Å². The Labute approximate surface area is 111 Å². The van der Waals surface area contributed by atoms with Gasteiger partial charge in [0, 0.05) is 50.6 Å². The van der Waals surface area contributed by atoms with Gasteiger partial charge in [-0.1, -0.05) is 0 Å². The molecule has 0 aromatic heterocycles. The zero-order valence-corrected chi connectivity index (χ0v) is 12.0. The standard InChI is InChI=1S/C15H25N3/c1-12(2)17-7-9-18(10-8-17)15-6-5-14(16-4)11-13(15)3/h5-6,11-12,16H,7-10H2,1-4H3. The number of piperazine rings is 1. The van der Waals surface area contributed by atoms with E-state index in [-0.39, 0.29) is 0 Å². The van der Waals surface area contributed by atoms with Gasteiger partial charge >= 0.3 is 0 Å². The number of hydrogen-bond donors (Lipinski definition) is 1. The fraction of sp³-hybridized carbons (Fsp3) is 0.600. The van der Waals surface area contributed by atoms with Gasteiger partial charge in [0.05, 0.1) is 0 Å². The van der Waals surface area contributed by atoms with Crippen molar-refractivity contribution < 1.29 is 0 Å². The molecule has 1 aromatic rings. The second-order valence-electron chi connectivity index (χ2n) is 5.37. The molecule has 1 N–H and O–H groups in total. The van der Waals surface area contributed by atoms with Gasteiger partial charge in [-0.2, -0.15) is 0 Å². The van der Waals surface area contributed by atoms with Crippen LogP contribution in [0.4, 0.5) is 11.4 Å². The molecule has 1 aromatic carbocycles. The van der Waals surface area contributed by atoms with Gasteiger partial charge in [0.25, 0.3) is 0 Å². The summed E-state index contributed by atoms with van der Waals surface area (Å²) in [6.07, 6.45) is 0. The SMILES string of the molecule is CNc1ccc(N2CCN(C(C)C)CC2)c(C)c1. The van der Waals surface area contributed by atoms with Crippen molar-refractivity contribution in [2.24, 2.45) is 0 Å². The Hall–Kier alpha value is -1.22. The predicted octanol–water partition coefficient (Wildman–Crippen LogP) is 2.57. The van der Waals surface area contributed by atoms with Crippen LogP contribution in [-0.2, 0) is 0 Å². The van der Waals surface area contributed by atoms with E-state index < -0.39 is 0 Å². The van der Waals surface area contributed by atoms with Crippen molar-refractivity contribution in [3.63, 3.8) is 0 Å². The summed E-state index contributed by atoms with van der Waals surface area (Å²) in [7, 11) is 1.97. The van der Waals surface area contributed by atoms with E-state index in [1.165, 1.54) is 30.0 Å². The maximum Gasteiger partial charge on any atom is 0.0398 e. The second kappa shape index (κ2) is 5.61. The van der Waals surface area contributed by atoms with Crippen LogP contribution in [0.5, 0.6) is 0 Å². The molecular formula is C15H25N3. The van der Waals surface area contributed by atoms with Crippen molar-refractivity contribution >= 4 is 11.4 Å². The predicted molar refractivity (Wildman–Crippen MR) is 79.6 cm³/mol. The molecule has 2 rings (SSSR count). The summed E-state index contributed by atoms with van der Waals surface area (Å²) in [5, 5.41) is 3.19. The fourth-order valence-corrected chi connectivity index (χ4v) is 2.64. The summed E-state index contributed by atoms with van der Waals surface area (Å²) in [5.41, 5.74) is 3.94. The quantitative estimate of drug-likeness (QED) is 0.885. The first kappa shape index (κ1) is 13.2. The minimum atomic E-state index is 0.667. The molecule has 100 valence electrons.